The summed E-state index contributed by atoms with van der Waals surface area (Å²) in [6.07, 6.45) is 3.41. The van der Waals surface area contributed by atoms with Crippen molar-refractivity contribution in [3.8, 4) is 11.3 Å². The number of halogens is 1. The topological polar surface area (TPSA) is 59.8 Å². The van der Waals surface area contributed by atoms with Crippen LogP contribution in [0.15, 0.2) is 85.2 Å². The number of pyridine rings is 1. The quantitative estimate of drug-likeness (QED) is 0.528. The Labute approximate surface area is 167 Å². The van der Waals surface area contributed by atoms with Crippen molar-refractivity contribution in [3.05, 3.63) is 101 Å². The zero-order chi connectivity index (χ0) is 19.3. The lowest BCUT2D eigenvalue weighted by molar-refractivity contribution is 0.0948. The number of aromatic nitrogens is 3. The molecule has 4 rings (SSSR count). The zero-order valence-electron chi connectivity index (χ0n) is 14.9. The summed E-state index contributed by atoms with van der Waals surface area (Å²) in [7, 11) is 0. The summed E-state index contributed by atoms with van der Waals surface area (Å²) < 4.78 is 1.35. The van der Waals surface area contributed by atoms with Crippen LogP contribution in [0.1, 0.15) is 15.9 Å². The molecule has 28 heavy (non-hydrogen) atoms. The molecule has 6 heteroatoms. The molecule has 0 aliphatic carbocycles. The van der Waals surface area contributed by atoms with E-state index in [1.807, 2.05) is 48.5 Å². The van der Waals surface area contributed by atoms with E-state index in [4.69, 9.17) is 11.6 Å². The van der Waals surface area contributed by atoms with Gasteiger partial charge in [-0.3, -0.25) is 9.78 Å². The lowest BCUT2D eigenvalue weighted by Gasteiger charge is -2.09. The van der Waals surface area contributed by atoms with Crippen molar-refractivity contribution in [2.45, 2.75) is 6.54 Å². The minimum absolute atomic E-state index is 0.295. The van der Waals surface area contributed by atoms with Crippen LogP contribution in [-0.2, 0) is 6.54 Å². The molecule has 0 radical (unpaired) electrons. The Bertz CT molecular complexity index is 1090. The van der Waals surface area contributed by atoms with Crippen molar-refractivity contribution in [2.24, 2.45) is 0 Å². The van der Waals surface area contributed by atoms with Gasteiger partial charge in [0, 0.05) is 30.6 Å². The fourth-order valence-corrected chi connectivity index (χ4v) is 3.07. The molecule has 0 aliphatic rings. The molecular weight excluding hydrogens is 372 g/mol. The largest absolute Gasteiger partial charge is 0.366 e. The van der Waals surface area contributed by atoms with E-state index in [0.717, 1.165) is 11.1 Å². The van der Waals surface area contributed by atoms with Gasteiger partial charge in [0.1, 0.15) is 5.82 Å². The van der Waals surface area contributed by atoms with Crippen LogP contribution in [0.2, 0.25) is 5.02 Å². The van der Waals surface area contributed by atoms with E-state index < -0.39 is 0 Å². The number of carbonyl (C=O) groups excluding carboxylic acids is 1. The Kier molecular flexibility index (Phi) is 5.17. The third-order valence-electron chi connectivity index (χ3n) is 4.28. The predicted molar refractivity (Wildman–Crippen MR) is 110 cm³/mol. The molecule has 0 saturated heterocycles. The first-order chi connectivity index (χ1) is 13.7. The molecule has 2 aromatic heterocycles. The van der Waals surface area contributed by atoms with Crippen LogP contribution < -0.4 is 5.32 Å². The lowest BCUT2D eigenvalue weighted by atomic mass is 10.2. The van der Waals surface area contributed by atoms with Crippen molar-refractivity contribution in [1.29, 1.82) is 0 Å². The number of hydrogen-bond donors (Lipinski definition) is 1. The Morgan fingerprint density at radius 2 is 1.79 bits per heavy atom. The summed E-state index contributed by atoms with van der Waals surface area (Å²) in [5.41, 5.74) is 2.98. The van der Waals surface area contributed by atoms with Gasteiger partial charge in [-0.1, -0.05) is 54.1 Å². The van der Waals surface area contributed by atoms with Crippen LogP contribution in [0.4, 0.5) is 5.82 Å². The summed E-state index contributed by atoms with van der Waals surface area (Å²) >= 11 is 6.23. The molecule has 0 bridgehead atoms. The molecule has 0 unspecified atom stereocenters. The molecule has 2 heterocycles. The number of anilines is 1. The van der Waals surface area contributed by atoms with E-state index in [2.05, 4.69) is 15.4 Å². The molecule has 0 saturated carbocycles. The van der Waals surface area contributed by atoms with Gasteiger partial charge in [-0.25, -0.2) is 0 Å². The first-order valence-corrected chi connectivity index (χ1v) is 9.17. The van der Waals surface area contributed by atoms with Crippen LogP contribution in [0, 0.1) is 0 Å². The van der Waals surface area contributed by atoms with Crippen LogP contribution >= 0.6 is 11.6 Å². The predicted octanol–water partition coefficient (Wildman–Crippen LogP) is 4.90. The smallest absolute Gasteiger partial charge is 0.281 e. The van der Waals surface area contributed by atoms with Gasteiger partial charge in [-0.15, -0.1) is 0 Å². The maximum Gasteiger partial charge on any atom is 0.281 e. The Morgan fingerprint density at radius 1 is 1.00 bits per heavy atom. The molecular formula is C22H17ClN4O. The van der Waals surface area contributed by atoms with Gasteiger partial charge < -0.3 is 5.32 Å². The number of nitrogens with one attached hydrogen (secondary N) is 1. The standard InChI is InChI=1S/C22H17ClN4O/c23-19-11-5-4-10-18(19)22(28)27-21(25-14-16-7-2-1-3-8-16)13-20(26-27)17-9-6-12-24-15-17/h1-13,15,25H,14H2. The second kappa shape index (κ2) is 8.06. The van der Waals surface area contributed by atoms with Gasteiger partial charge >= 0.3 is 0 Å². The summed E-state index contributed by atoms with van der Waals surface area (Å²) in [4.78, 5) is 17.2. The van der Waals surface area contributed by atoms with Gasteiger partial charge in [0.2, 0.25) is 0 Å². The normalized spacial score (nSPS) is 10.6. The number of hydrogen-bond acceptors (Lipinski definition) is 4. The molecule has 0 atom stereocenters. The van der Waals surface area contributed by atoms with Gasteiger partial charge in [-0.2, -0.15) is 9.78 Å². The van der Waals surface area contributed by atoms with Crippen LogP contribution in [0.25, 0.3) is 11.3 Å². The fraction of sp³-hybridized carbons (Fsp3) is 0.0455. The lowest BCUT2D eigenvalue weighted by Crippen LogP contribution is -2.17. The molecule has 0 amide bonds. The molecule has 4 aromatic rings. The van der Waals surface area contributed by atoms with Gasteiger partial charge in [0.25, 0.3) is 5.91 Å². The average Bonchev–Trinajstić information content (AvgIpc) is 3.18. The minimum atomic E-state index is -0.295. The summed E-state index contributed by atoms with van der Waals surface area (Å²) in [5, 5.41) is 8.21. The molecule has 0 fully saturated rings. The van der Waals surface area contributed by atoms with Gasteiger partial charge in [-0.05, 0) is 29.8 Å². The first kappa shape index (κ1) is 17.9. The van der Waals surface area contributed by atoms with E-state index in [1.165, 1.54) is 4.68 Å². The Balaban J connectivity index is 1.71. The Hall–Kier alpha value is -3.44. The molecule has 2 aromatic carbocycles. The van der Waals surface area contributed by atoms with E-state index in [1.54, 1.807) is 36.7 Å². The van der Waals surface area contributed by atoms with Crippen molar-refractivity contribution in [1.82, 2.24) is 14.8 Å². The monoisotopic (exact) mass is 388 g/mol. The summed E-state index contributed by atoms with van der Waals surface area (Å²) in [6, 6.07) is 22.5. The molecule has 5 nitrogen and oxygen atoms in total. The highest BCUT2D eigenvalue weighted by molar-refractivity contribution is 6.33. The molecule has 0 spiro atoms. The number of nitrogens with zero attached hydrogens (tertiary/aromatic N) is 3. The van der Waals surface area contributed by atoms with Crippen LogP contribution in [-0.4, -0.2) is 20.7 Å². The maximum atomic E-state index is 13.1. The highest BCUT2D eigenvalue weighted by atomic mass is 35.5. The van der Waals surface area contributed by atoms with Crippen molar-refractivity contribution in [2.75, 3.05) is 5.32 Å². The van der Waals surface area contributed by atoms with E-state index in [-0.39, 0.29) is 5.91 Å². The number of rotatable bonds is 5. The molecule has 138 valence electrons. The second-order valence-corrected chi connectivity index (χ2v) is 6.60. The second-order valence-electron chi connectivity index (χ2n) is 6.19. The maximum absolute atomic E-state index is 13.1. The number of carbonyl (C=O) groups is 1. The SMILES string of the molecule is O=C(c1ccccc1Cl)n1nc(-c2cccnc2)cc1NCc1ccccc1. The highest BCUT2D eigenvalue weighted by Gasteiger charge is 2.19. The Morgan fingerprint density at radius 3 is 2.54 bits per heavy atom. The van der Waals surface area contributed by atoms with Gasteiger partial charge in [0.05, 0.1) is 16.3 Å². The average molecular weight is 389 g/mol. The van der Waals surface area contributed by atoms with Crippen molar-refractivity contribution >= 4 is 23.3 Å². The molecule has 0 aliphatic heterocycles. The molecule has 1 N–H and O–H groups in total. The van der Waals surface area contributed by atoms with E-state index in [9.17, 15) is 4.79 Å². The number of benzene rings is 2. The van der Waals surface area contributed by atoms with Crippen molar-refractivity contribution < 1.29 is 4.79 Å². The van der Waals surface area contributed by atoms with Crippen molar-refractivity contribution in [3.63, 3.8) is 0 Å². The van der Waals surface area contributed by atoms with Gasteiger partial charge in [0.15, 0.2) is 0 Å². The zero-order valence-corrected chi connectivity index (χ0v) is 15.7. The van der Waals surface area contributed by atoms with E-state index in [0.29, 0.717) is 28.6 Å². The van der Waals surface area contributed by atoms with E-state index >= 15 is 0 Å². The minimum Gasteiger partial charge on any atom is -0.366 e. The third kappa shape index (κ3) is 3.80. The van der Waals surface area contributed by atoms with Crippen LogP contribution in [0.3, 0.4) is 0 Å². The van der Waals surface area contributed by atoms with Crippen LogP contribution in [0.5, 0.6) is 0 Å². The summed E-state index contributed by atoms with van der Waals surface area (Å²) in [5.74, 6) is 0.295. The fourth-order valence-electron chi connectivity index (χ4n) is 2.85. The highest BCUT2D eigenvalue weighted by Crippen LogP contribution is 2.24. The first-order valence-electron chi connectivity index (χ1n) is 8.80. The summed E-state index contributed by atoms with van der Waals surface area (Å²) in [6.45, 7) is 0.564. The third-order valence-corrected chi connectivity index (χ3v) is 4.61.